The third-order valence-corrected chi connectivity index (χ3v) is 2.70. The Bertz CT molecular complexity index is 557. The van der Waals surface area contributed by atoms with Gasteiger partial charge in [0.05, 0.1) is 0 Å². The Morgan fingerprint density at radius 3 is 2.95 bits per heavy atom. The van der Waals surface area contributed by atoms with Gasteiger partial charge in [0.1, 0.15) is 0 Å². The quantitative estimate of drug-likeness (QED) is 0.789. The third-order valence-electron chi connectivity index (χ3n) is 2.70. The molecule has 0 saturated carbocycles. The van der Waals surface area contributed by atoms with E-state index in [1.54, 1.807) is 13.0 Å². The smallest absolute Gasteiger partial charge is 0.264 e. The average molecular weight is 279 g/mol. The van der Waals surface area contributed by atoms with Crippen LogP contribution in [-0.2, 0) is 13.2 Å². The van der Waals surface area contributed by atoms with Gasteiger partial charge in [-0.3, -0.25) is 0 Å². The molecule has 0 atom stereocenters. The summed E-state index contributed by atoms with van der Waals surface area (Å²) in [5.74, 6) is 0.698. The number of para-hydroxylation sites is 1. The van der Waals surface area contributed by atoms with Crippen molar-refractivity contribution in [2.75, 3.05) is 6.54 Å². The fraction of sp³-hybridized carbons (Fsp3) is 0.429. The summed E-state index contributed by atoms with van der Waals surface area (Å²) < 4.78 is 24.3. The fourth-order valence-electron chi connectivity index (χ4n) is 1.79. The number of nitrogens with zero attached hydrogens (tertiary/aromatic N) is 2. The first-order valence-corrected chi connectivity index (χ1v) is 6.60. The van der Waals surface area contributed by atoms with E-state index in [9.17, 15) is 4.39 Å². The normalized spacial score (nSPS) is 10.8. The van der Waals surface area contributed by atoms with Crippen LogP contribution in [0.2, 0.25) is 0 Å². The molecule has 6 heteroatoms. The Morgan fingerprint density at radius 1 is 1.40 bits per heavy atom. The molecule has 0 unspecified atom stereocenters. The van der Waals surface area contributed by atoms with Crippen molar-refractivity contribution in [2.24, 2.45) is 0 Å². The average Bonchev–Trinajstić information content (AvgIpc) is 2.84. The standard InChI is InChI=1S/C14H18FN3O2/c1-3-7-16-8-11-5-4-6-12(15)14(11)19-9-13-17-10(2)18-20-13/h4-6,16H,3,7-9H2,1-2H3. The number of aryl methyl sites for hydroxylation is 1. The molecule has 0 spiro atoms. The first-order valence-electron chi connectivity index (χ1n) is 6.60. The summed E-state index contributed by atoms with van der Waals surface area (Å²) in [6.45, 7) is 5.29. The van der Waals surface area contributed by atoms with E-state index >= 15 is 0 Å². The largest absolute Gasteiger partial charge is 0.480 e. The number of rotatable bonds is 7. The molecule has 0 bridgehead atoms. The summed E-state index contributed by atoms with van der Waals surface area (Å²) in [5, 5.41) is 6.89. The molecule has 5 nitrogen and oxygen atoms in total. The highest BCUT2D eigenvalue weighted by atomic mass is 19.1. The summed E-state index contributed by atoms with van der Waals surface area (Å²) >= 11 is 0. The van der Waals surface area contributed by atoms with Crippen molar-refractivity contribution in [2.45, 2.75) is 33.4 Å². The first-order chi connectivity index (χ1) is 9.70. The molecular weight excluding hydrogens is 261 g/mol. The number of aromatic nitrogens is 2. The van der Waals surface area contributed by atoms with E-state index in [0.717, 1.165) is 18.5 Å². The van der Waals surface area contributed by atoms with Gasteiger partial charge in [0.2, 0.25) is 0 Å². The second kappa shape index (κ2) is 7.00. The predicted octanol–water partition coefficient (Wildman–Crippen LogP) is 2.60. The van der Waals surface area contributed by atoms with Crippen LogP contribution in [0.15, 0.2) is 22.7 Å². The zero-order chi connectivity index (χ0) is 14.4. The van der Waals surface area contributed by atoms with Gasteiger partial charge in [-0.2, -0.15) is 4.98 Å². The molecule has 0 aliphatic carbocycles. The van der Waals surface area contributed by atoms with E-state index in [0.29, 0.717) is 18.3 Å². The molecule has 1 heterocycles. The van der Waals surface area contributed by atoms with Gasteiger partial charge in [-0.25, -0.2) is 4.39 Å². The first kappa shape index (κ1) is 14.5. The van der Waals surface area contributed by atoms with Crippen LogP contribution in [0.4, 0.5) is 4.39 Å². The summed E-state index contributed by atoms with van der Waals surface area (Å²) in [5.41, 5.74) is 0.773. The lowest BCUT2D eigenvalue weighted by Crippen LogP contribution is -2.15. The predicted molar refractivity (Wildman–Crippen MR) is 71.8 cm³/mol. The Morgan fingerprint density at radius 2 is 2.25 bits per heavy atom. The van der Waals surface area contributed by atoms with Crippen LogP contribution in [0.1, 0.15) is 30.6 Å². The minimum Gasteiger partial charge on any atom is -0.480 e. The lowest BCUT2D eigenvalue weighted by atomic mass is 10.2. The highest BCUT2D eigenvalue weighted by molar-refractivity contribution is 5.34. The lowest BCUT2D eigenvalue weighted by molar-refractivity contribution is 0.231. The molecule has 1 aromatic heterocycles. The lowest BCUT2D eigenvalue weighted by Gasteiger charge is -2.11. The monoisotopic (exact) mass is 279 g/mol. The van der Waals surface area contributed by atoms with E-state index in [2.05, 4.69) is 22.4 Å². The van der Waals surface area contributed by atoms with Gasteiger partial charge in [0.15, 0.2) is 24.0 Å². The van der Waals surface area contributed by atoms with Gasteiger partial charge in [0, 0.05) is 12.1 Å². The summed E-state index contributed by atoms with van der Waals surface area (Å²) in [7, 11) is 0. The third kappa shape index (κ3) is 3.77. The van der Waals surface area contributed by atoms with E-state index in [1.165, 1.54) is 6.07 Å². The highest BCUT2D eigenvalue weighted by Gasteiger charge is 2.11. The molecular formula is C14H18FN3O2. The minimum absolute atomic E-state index is 0.0581. The maximum Gasteiger partial charge on any atom is 0.264 e. The molecule has 0 radical (unpaired) electrons. The molecule has 0 aliphatic heterocycles. The highest BCUT2D eigenvalue weighted by Crippen LogP contribution is 2.23. The van der Waals surface area contributed by atoms with Gasteiger partial charge in [-0.15, -0.1) is 0 Å². The van der Waals surface area contributed by atoms with Crippen LogP contribution >= 0.6 is 0 Å². The molecule has 2 rings (SSSR count). The molecule has 108 valence electrons. The summed E-state index contributed by atoms with van der Waals surface area (Å²) in [6, 6.07) is 4.87. The van der Waals surface area contributed by atoms with E-state index in [-0.39, 0.29) is 12.4 Å². The van der Waals surface area contributed by atoms with Crippen LogP contribution in [0.25, 0.3) is 0 Å². The van der Waals surface area contributed by atoms with Crippen molar-refractivity contribution < 1.29 is 13.7 Å². The SMILES string of the molecule is CCCNCc1cccc(F)c1OCc1nc(C)no1. The van der Waals surface area contributed by atoms with Crippen LogP contribution in [0.3, 0.4) is 0 Å². The molecule has 1 aromatic carbocycles. The fourth-order valence-corrected chi connectivity index (χ4v) is 1.79. The van der Waals surface area contributed by atoms with Crippen molar-refractivity contribution in [1.29, 1.82) is 0 Å². The molecule has 2 aromatic rings. The molecule has 0 aliphatic rings. The molecule has 0 fully saturated rings. The topological polar surface area (TPSA) is 60.2 Å². The summed E-state index contributed by atoms with van der Waals surface area (Å²) in [4.78, 5) is 4.02. The zero-order valence-corrected chi connectivity index (χ0v) is 11.6. The van der Waals surface area contributed by atoms with E-state index in [4.69, 9.17) is 9.26 Å². The maximum atomic E-state index is 13.8. The number of hydrogen-bond donors (Lipinski definition) is 1. The Hall–Kier alpha value is -1.95. The van der Waals surface area contributed by atoms with Gasteiger partial charge in [-0.05, 0) is 26.0 Å². The van der Waals surface area contributed by atoms with Crippen molar-refractivity contribution in [3.8, 4) is 5.75 Å². The molecule has 0 amide bonds. The number of hydrogen-bond acceptors (Lipinski definition) is 5. The number of benzene rings is 1. The van der Waals surface area contributed by atoms with Crippen molar-refractivity contribution >= 4 is 0 Å². The van der Waals surface area contributed by atoms with Gasteiger partial charge in [-0.1, -0.05) is 24.2 Å². The number of halogens is 1. The number of ether oxygens (including phenoxy) is 1. The second-order valence-corrected chi connectivity index (χ2v) is 4.43. The van der Waals surface area contributed by atoms with Gasteiger partial charge in [0.25, 0.3) is 5.89 Å². The maximum absolute atomic E-state index is 13.8. The van der Waals surface area contributed by atoms with Crippen LogP contribution in [0.5, 0.6) is 5.75 Å². The Balaban J connectivity index is 2.04. The van der Waals surface area contributed by atoms with Crippen molar-refractivity contribution in [1.82, 2.24) is 15.5 Å². The van der Waals surface area contributed by atoms with Crippen molar-refractivity contribution in [3.63, 3.8) is 0 Å². The zero-order valence-electron chi connectivity index (χ0n) is 11.6. The molecule has 20 heavy (non-hydrogen) atoms. The summed E-state index contributed by atoms with van der Waals surface area (Å²) in [6.07, 6.45) is 1.02. The molecule has 0 saturated heterocycles. The van der Waals surface area contributed by atoms with Crippen LogP contribution in [-0.4, -0.2) is 16.7 Å². The van der Waals surface area contributed by atoms with Crippen molar-refractivity contribution in [3.05, 3.63) is 41.3 Å². The number of nitrogens with one attached hydrogen (secondary N) is 1. The van der Waals surface area contributed by atoms with Crippen LogP contribution in [0, 0.1) is 12.7 Å². The minimum atomic E-state index is -0.392. The van der Waals surface area contributed by atoms with E-state index < -0.39 is 5.82 Å². The van der Waals surface area contributed by atoms with Crippen LogP contribution < -0.4 is 10.1 Å². The van der Waals surface area contributed by atoms with Gasteiger partial charge < -0.3 is 14.6 Å². The molecule has 1 N–H and O–H groups in total. The Kier molecular flexibility index (Phi) is 5.06. The second-order valence-electron chi connectivity index (χ2n) is 4.43. The Labute approximate surface area is 117 Å². The van der Waals surface area contributed by atoms with Gasteiger partial charge >= 0.3 is 0 Å². The van der Waals surface area contributed by atoms with E-state index in [1.807, 2.05) is 6.07 Å².